The maximum absolute atomic E-state index is 12.8. The lowest BCUT2D eigenvalue weighted by Gasteiger charge is -2.18. The summed E-state index contributed by atoms with van der Waals surface area (Å²) in [6, 6.07) is 0. The topological polar surface area (TPSA) is 78.9 Å². The van der Waals surface area contributed by atoms with Gasteiger partial charge in [-0.1, -0.05) is 248 Å². The quantitative estimate of drug-likeness (QED) is 0.0262. The van der Waals surface area contributed by atoms with Crippen molar-refractivity contribution in [3.63, 3.8) is 0 Å². The first-order valence-electron chi connectivity index (χ1n) is 28.8. The van der Waals surface area contributed by atoms with E-state index in [0.717, 1.165) is 77.0 Å². The van der Waals surface area contributed by atoms with Gasteiger partial charge in [0, 0.05) is 19.3 Å². The van der Waals surface area contributed by atoms with Crippen LogP contribution in [0.15, 0.2) is 60.8 Å². The molecule has 0 rings (SSSR count). The van der Waals surface area contributed by atoms with Crippen LogP contribution in [0.4, 0.5) is 0 Å². The minimum Gasteiger partial charge on any atom is -0.462 e. The highest BCUT2D eigenvalue weighted by Gasteiger charge is 2.19. The summed E-state index contributed by atoms with van der Waals surface area (Å²) in [5.74, 6) is -0.921. The molecule has 0 aromatic rings. The Labute approximate surface area is 415 Å². The van der Waals surface area contributed by atoms with Crippen LogP contribution < -0.4 is 0 Å². The van der Waals surface area contributed by atoms with Crippen LogP contribution >= 0.6 is 0 Å². The second kappa shape index (κ2) is 55.7. The lowest BCUT2D eigenvalue weighted by atomic mass is 10.0. The van der Waals surface area contributed by atoms with Crippen LogP contribution in [-0.2, 0) is 28.6 Å². The molecular formula is C61H108O6. The monoisotopic (exact) mass is 937 g/mol. The van der Waals surface area contributed by atoms with E-state index in [2.05, 4.69) is 81.5 Å². The van der Waals surface area contributed by atoms with Gasteiger partial charge in [-0.25, -0.2) is 0 Å². The number of unbranched alkanes of at least 4 members (excludes halogenated alkanes) is 31. The second-order valence-electron chi connectivity index (χ2n) is 19.2. The number of carbonyl (C=O) groups excluding carboxylic acids is 3. The molecule has 0 saturated carbocycles. The number of hydrogen-bond donors (Lipinski definition) is 0. The highest BCUT2D eigenvalue weighted by Crippen LogP contribution is 2.16. The first-order valence-corrected chi connectivity index (χ1v) is 28.8. The highest BCUT2D eigenvalue weighted by molar-refractivity contribution is 5.71. The summed E-state index contributed by atoms with van der Waals surface area (Å²) in [7, 11) is 0. The molecule has 6 nitrogen and oxygen atoms in total. The fraction of sp³-hybridized carbons (Fsp3) is 0.787. The summed E-state index contributed by atoms with van der Waals surface area (Å²) < 4.78 is 16.8. The fourth-order valence-corrected chi connectivity index (χ4v) is 8.19. The average Bonchev–Trinajstić information content (AvgIpc) is 3.33. The van der Waals surface area contributed by atoms with Gasteiger partial charge >= 0.3 is 17.9 Å². The van der Waals surface area contributed by atoms with Gasteiger partial charge in [0.1, 0.15) is 13.2 Å². The predicted octanol–water partition coefficient (Wildman–Crippen LogP) is 19.2. The van der Waals surface area contributed by atoms with E-state index in [-0.39, 0.29) is 37.5 Å². The molecule has 67 heavy (non-hydrogen) atoms. The number of esters is 3. The Morgan fingerprint density at radius 2 is 0.582 bits per heavy atom. The molecule has 0 aromatic heterocycles. The van der Waals surface area contributed by atoms with E-state index in [1.165, 1.54) is 167 Å². The standard InChI is InChI=1S/C61H108O6/c1-4-7-10-13-16-19-22-25-28-29-30-31-34-36-39-42-45-48-51-54-60(63)66-57-58(67-61(64)55-52-49-46-43-40-37-33-27-24-21-18-15-12-9-6-3)56-65-59(62)53-50-47-44-41-38-35-32-26-23-20-17-14-11-8-5-2/h9,12,18,21,25,27-28,33,40,43,58H,4-8,10-11,13-17,19-20,22-24,26,29-32,34-39,41-42,44-57H2,1-3H3/b12-9-,21-18-,28-25-,33-27-,43-40-/t58-/m0/s1. The van der Waals surface area contributed by atoms with Gasteiger partial charge in [0.05, 0.1) is 0 Å². The first kappa shape index (κ1) is 64.1. The largest absolute Gasteiger partial charge is 0.462 e. The van der Waals surface area contributed by atoms with Crippen LogP contribution in [-0.4, -0.2) is 37.2 Å². The maximum atomic E-state index is 12.8. The van der Waals surface area contributed by atoms with Crippen molar-refractivity contribution in [2.45, 2.75) is 297 Å². The molecule has 0 heterocycles. The normalized spacial score (nSPS) is 12.5. The molecule has 0 unspecified atom stereocenters. The number of carbonyl (C=O) groups is 3. The zero-order valence-corrected chi connectivity index (χ0v) is 44.4. The molecule has 0 fully saturated rings. The van der Waals surface area contributed by atoms with Crippen molar-refractivity contribution in [1.82, 2.24) is 0 Å². The lowest BCUT2D eigenvalue weighted by Crippen LogP contribution is -2.30. The molecule has 0 aliphatic carbocycles. The van der Waals surface area contributed by atoms with Crippen LogP contribution in [0, 0.1) is 0 Å². The minimum absolute atomic E-state index is 0.0888. The first-order chi connectivity index (χ1) is 33.0. The molecule has 0 radical (unpaired) electrons. The minimum atomic E-state index is -0.795. The van der Waals surface area contributed by atoms with E-state index in [4.69, 9.17) is 14.2 Å². The van der Waals surface area contributed by atoms with Gasteiger partial charge in [0.15, 0.2) is 6.10 Å². The summed E-state index contributed by atoms with van der Waals surface area (Å²) in [6.07, 6.45) is 69.3. The molecular weight excluding hydrogens is 829 g/mol. The van der Waals surface area contributed by atoms with E-state index >= 15 is 0 Å². The molecule has 388 valence electrons. The fourth-order valence-electron chi connectivity index (χ4n) is 8.19. The molecule has 0 spiro atoms. The van der Waals surface area contributed by atoms with Crippen molar-refractivity contribution in [3.05, 3.63) is 60.8 Å². The molecule has 6 heteroatoms. The second-order valence-corrected chi connectivity index (χ2v) is 19.2. The Balaban J connectivity index is 4.39. The summed E-state index contributed by atoms with van der Waals surface area (Å²) in [6.45, 7) is 6.52. The molecule has 0 aliphatic rings. The van der Waals surface area contributed by atoms with Gasteiger partial charge in [-0.05, 0) is 83.5 Å². The van der Waals surface area contributed by atoms with E-state index in [0.29, 0.717) is 19.3 Å². The summed E-state index contributed by atoms with van der Waals surface area (Å²) in [5, 5.41) is 0. The van der Waals surface area contributed by atoms with Crippen LogP contribution in [0.5, 0.6) is 0 Å². The van der Waals surface area contributed by atoms with Crippen LogP contribution in [0.2, 0.25) is 0 Å². The van der Waals surface area contributed by atoms with Gasteiger partial charge < -0.3 is 14.2 Å². The van der Waals surface area contributed by atoms with E-state index in [1.54, 1.807) is 0 Å². The predicted molar refractivity (Wildman–Crippen MR) is 288 cm³/mol. The van der Waals surface area contributed by atoms with Gasteiger partial charge in [0.25, 0.3) is 0 Å². The summed E-state index contributed by atoms with van der Waals surface area (Å²) in [4.78, 5) is 38.1. The lowest BCUT2D eigenvalue weighted by molar-refractivity contribution is -0.167. The Kier molecular flexibility index (Phi) is 53.3. The average molecular weight is 938 g/mol. The third-order valence-electron chi connectivity index (χ3n) is 12.5. The Morgan fingerprint density at radius 1 is 0.313 bits per heavy atom. The molecule has 0 bridgehead atoms. The number of hydrogen-bond acceptors (Lipinski definition) is 6. The van der Waals surface area contributed by atoms with Crippen molar-refractivity contribution < 1.29 is 28.6 Å². The number of rotatable bonds is 52. The number of ether oxygens (including phenoxy) is 3. The van der Waals surface area contributed by atoms with Crippen molar-refractivity contribution in [2.24, 2.45) is 0 Å². The Hall–Kier alpha value is -2.89. The van der Waals surface area contributed by atoms with Gasteiger partial charge in [-0.15, -0.1) is 0 Å². The van der Waals surface area contributed by atoms with Gasteiger partial charge in [-0.2, -0.15) is 0 Å². The SMILES string of the molecule is CC/C=C\C/C=C\C/C=C\C/C=C\CCCCC(=O)O[C@H](COC(=O)CCCCCCCCCCC/C=C\CCCCCCCC)COC(=O)CCCCCCCCCCCCCCCCC. The van der Waals surface area contributed by atoms with Gasteiger partial charge in [0.2, 0.25) is 0 Å². The van der Waals surface area contributed by atoms with Crippen molar-refractivity contribution in [2.75, 3.05) is 13.2 Å². The van der Waals surface area contributed by atoms with Gasteiger partial charge in [-0.3, -0.25) is 14.4 Å². The van der Waals surface area contributed by atoms with E-state index < -0.39 is 6.10 Å². The molecule has 0 saturated heterocycles. The van der Waals surface area contributed by atoms with Crippen molar-refractivity contribution >= 4 is 17.9 Å². The maximum Gasteiger partial charge on any atom is 0.306 e. The summed E-state index contributed by atoms with van der Waals surface area (Å²) >= 11 is 0. The van der Waals surface area contributed by atoms with E-state index in [1.807, 2.05) is 0 Å². The molecule has 0 amide bonds. The van der Waals surface area contributed by atoms with Crippen molar-refractivity contribution in [3.8, 4) is 0 Å². The third-order valence-corrected chi connectivity index (χ3v) is 12.5. The molecule has 1 atom stereocenters. The molecule has 0 aliphatic heterocycles. The van der Waals surface area contributed by atoms with Crippen LogP contribution in [0.25, 0.3) is 0 Å². The Bertz CT molecular complexity index is 1210. The van der Waals surface area contributed by atoms with Crippen LogP contribution in [0.3, 0.4) is 0 Å². The highest BCUT2D eigenvalue weighted by atomic mass is 16.6. The van der Waals surface area contributed by atoms with E-state index in [9.17, 15) is 14.4 Å². The molecule has 0 N–H and O–H groups in total. The van der Waals surface area contributed by atoms with Crippen LogP contribution in [0.1, 0.15) is 290 Å². The number of allylic oxidation sites excluding steroid dienone is 10. The van der Waals surface area contributed by atoms with Crippen molar-refractivity contribution in [1.29, 1.82) is 0 Å². The third kappa shape index (κ3) is 53.9. The molecule has 0 aromatic carbocycles. The smallest absolute Gasteiger partial charge is 0.306 e. The Morgan fingerprint density at radius 3 is 0.955 bits per heavy atom. The zero-order valence-electron chi connectivity index (χ0n) is 44.4. The summed E-state index contributed by atoms with van der Waals surface area (Å²) in [5.41, 5.74) is 0. The zero-order chi connectivity index (χ0) is 48.6.